The summed E-state index contributed by atoms with van der Waals surface area (Å²) in [6, 6.07) is 17.6. The van der Waals surface area contributed by atoms with Crippen LogP contribution in [0.3, 0.4) is 0 Å². The summed E-state index contributed by atoms with van der Waals surface area (Å²) in [5, 5.41) is 0. The fraction of sp³-hybridized carbons (Fsp3) is 0.0526. The predicted octanol–water partition coefficient (Wildman–Crippen LogP) is 4.57. The van der Waals surface area contributed by atoms with Gasteiger partial charge in [0, 0.05) is 29.1 Å². The molecule has 2 aromatic heterocycles. The van der Waals surface area contributed by atoms with Crippen LogP contribution in [-0.2, 0) is 0 Å². The SMILES string of the molecule is COc1cc(-c2nc3ccccc3o2)ccc1-c1cccnc1. The van der Waals surface area contributed by atoms with Crippen LogP contribution >= 0.6 is 0 Å². The van der Waals surface area contributed by atoms with E-state index < -0.39 is 0 Å². The minimum atomic E-state index is 0.585. The third kappa shape index (κ3) is 2.44. The Morgan fingerprint density at radius 1 is 0.957 bits per heavy atom. The summed E-state index contributed by atoms with van der Waals surface area (Å²) in [6.45, 7) is 0. The normalized spacial score (nSPS) is 10.8. The fourth-order valence-corrected chi connectivity index (χ4v) is 2.58. The highest BCUT2D eigenvalue weighted by atomic mass is 16.5. The van der Waals surface area contributed by atoms with Gasteiger partial charge in [-0.15, -0.1) is 0 Å². The van der Waals surface area contributed by atoms with E-state index in [0.29, 0.717) is 5.89 Å². The summed E-state index contributed by atoms with van der Waals surface area (Å²) in [6.07, 6.45) is 3.57. The first kappa shape index (κ1) is 13.5. The number of para-hydroxylation sites is 2. The molecule has 0 radical (unpaired) electrons. The van der Waals surface area contributed by atoms with Crippen molar-refractivity contribution in [2.24, 2.45) is 0 Å². The highest BCUT2D eigenvalue weighted by molar-refractivity contribution is 5.78. The molecule has 0 atom stereocenters. The molecule has 0 bridgehead atoms. The lowest BCUT2D eigenvalue weighted by molar-refractivity contribution is 0.416. The molecule has 4 aromatic rings. The van der Waals surface area contributed by atoms with Crippen LogP contribution in [0.15, 0.2) is 71.4 Å². The van der Waals surface area contributed by atoms with E-state index in [1.807, 2.05) is 60.8 Å². The highest BCUT2D eigenvalue weighted by Crippen LogP contribution is 2.34. The van der Waals surface area contributed by atoms with E-state index in [1.165, 1.54) is 0 Å². The van der Waals surface area contributed by atoms with Crippen LogP contribution in [0.2, 0.25) is 0 Å². The average molecular weight is 302 g/mol. The Kier molecular flexibility index (Phi) is 3.27. The lowest BCUT2D eigenvalue weighted by Crippen LogP contribution is -1.90. The number of benzene rings is 2. The molecule has 0 amide bonds. The summed E-state index contributed by atoms with van der Waals surface area (Å²) >= 11 is 0. The van der Waals surface area contributed by atoms with E-state index in [4.69, 9.17) is 9.15 Å². The molecular weight excluding hydrogens is 288 g/mol. The van der Waals surface area contributed by atoms with Crippen LogP contribution in [0.25, 0.3) is 33.7 Å². The van der Waals surface area contributed by atoms with Crippen molar-refractivity contribution in [3.8, 4) is 28.3 Å². The fourth-order valence-electron chi connectivity index (χ4n) is 2.58. The summed E-state index contributed by atoms with van der Waals surface area (Å²) in [4.78, 5) is 8.69. The molecule has 0 saturated heterocycles. The number of aromatic nitrogens is 2. The Bertz CT molecular complexity index is 928. The van der Waals surface area contributed by atoms with Crippen molar-refractivity contribution in [3.63, 3.8) is 0 Å². The Hall–Kier alpha value is -3.14. The zero-order valence-electron chi connectivity index (χ0n) is 12.6. The number of oxazole rings is 1. The molecule has 4 rings (SSSR count). The first-order valence-electron chi connectivity index (χ1n) is 7.29. The molecule has 4 nitrogen and oxygen atoms in total. The van der Waals surface area contributed by atoms with Crippen molar-refractivity contribution in [1.82, 2.24) is 9.97 Å². The molecule has 112 valence electrons. The number of methoxy groups -OCH3 is 1. The second-order valence-corrected chi connectivity index (χ2v) is 5.14. The molecular formula is C19H14N2O2. The second-order valence-electron chi connectivity index (χ2n) is 5.14. The van der Waals surface area contributed by atoms with Crippen LogP contribution in [0.4, 0.5) is 0 Å². The maximum Gasteiger partial charge on any atom is 0.227 e. The first-order valence-corrected chi connectivity index (χ1v) is 7.29. The Labute approximate surface area is 133 Å². The van der Waals surface area contributed by atoms with Gasteiger partial charge in [-0.25, -0.2) is 4.98 Å². The van der Waals surface area contributed by atoms with E-state index in [1.54, 1.807) is 13.3 Å². The van der Waals surface area contributed by atoms with Gasteiger partial charge < -0.3 is 9.15 Å². The maximum atomic E-state index is 5.82. The van der Waals surface area contributed by atoms with Crippen LogP contribution in [0.5, 0.6) is 5.75 Å². The zero-order valence-corrected chi connectivity index (χ0v) is 12.6. The summed E-state index contributed by atoms with van der Waals surface area (Å²) in [7, 11) is 1.66. The van der Waals surface area contributed by atoms with Crippen LogP contribution in [0, 0.1) is 0 Å². The van der Waals surface area contributed by atoms with Crippen molar-refractivity contribution in [2.45, 2.75) is 0 Å². The van der Waals surface area contributed by atoms with Crippen molar-refractivity contribution in [2.75, 3.05) is 7.11 Å². The van der Waals surface area contributed by atoms with E-state index in [0.717, 1.165) is 33.5 Å². The second kappa shape index (κ2) is 5.57. The van der Waals surface area contributed by atoms with Gasteiger partial charge in [0.05, 0.1) is 7.11 Å². The van der Waals surface area contributed by atoms with Gasteiger partial charge in [-0.3, -0.25) is 4.98 Å². The number of pyridine rings is 1. The number of nitrogens with zero attached hydrogens (tertiary/aromatic N) is 2. The quantitative estimate of drug-likeness (QED) is 0.556. The molecule has 0 aliphatic rings. The molecule has 0 N–H and O–H groups in total. The monoisotopic (exact) mass is 302 g/mol. The molecule has 2 aromatic carbocycles. The molecule has 0 fully saturated rings. The average Bonchev–Trinajstić information content (AvgIpc) is 3.06. The molecule has 0 aliphatic carbocycles. The van der Waals surface area contributed by atoms with Gasteiger partial charge in [0.15, 0.2) is 5.58 Å². The van der Waals surface area contributed by atoms with Crippen molar-refractivity contribution >= 4 is 11.1 Å². The zero-order chi connectivity index (χ0) is 15.6. The Morgan fingerprint density at radius 2 is 1.87 bits per heavy atom. The lowest BCUT2D eigenvalue weighted by atomic mass is 10.0. The minimum absolute atomic E-state index is 0.585. The molecule has 0 aliphatic heterocycles. The maximum absolute atomic E-state index is 5.82. The molecule has 4 heteroatoms. The van der Waals surface area contributed by atoms with E-state index in [2.05, 4.69) is 9.97 Å². The minimum Gasteiger partial charge on any atom is -0.496 e. The molecule has 0 saturated carbocycles. The largest absolute Gasteiger partial charge is 0.496 e. The summed E-state index contributed by atoms with van der Waals surface area (Å²) in [5.74, 6) is 1.35. The smallest absolute Gasteiger partial charge is 0.227 e. The Balaban J connectivity index is 1.81. The standard InChI is InChI=1S/C19H14N2O2/c1-22-18-11-13(8-9-15(18)14-5-4-10-20-12-14)19-21-16-6-2-3-7-17(16)23-19/h2-12H,1H3. The summed E-state index contributed by atoms with van der Waals surface area (Å²) in [5.41, 5.74) is 4.50. The first-order chi connectivity index (χ1) is 11.3. The third-order valence-electron chi connectivity index (χ3n) is 3.71. The molecule has 23 heavy (non-hydrogen) atoms. The Morgan fingerprint density at radius 3 is 2.65 bits per heavy atom. The van der Waals surface area contributed by atoms with Crippen molar-refractivity contribution in [1.29, 1.82) is 0 Å². The topological polar surface area (TPSA) is 48.2 Å². The number of rotatable bonds is 3. The van der Waals surface area contributed by atoms with Gasteiger partial charge in [-0.05, 0) is 36.4 Å². The third-order valence-corrected chi connectivity index (χ3v) is 3.71. The van der Waals surface area contributed by atoms with E-state index in [9.17, 15) is 0 Å². The highest BCUT2D eigenvalue weighted by Gasteiger charge is 2.12. The van der Waals surface area contributed by atoms with Gasteiger partial charge in [-0.1, -0.05) is 18.2 Å². The van der Waals surface area contributed by atoms with Gasteiger partial charge >= 0.3 is 0 Å². The van der Waals surface area contributed by atoms with E-state index in [-0.39, 0.29) is 0 Å². The molecule has 0 spiro atoms. The van der Waals surface area contributed by atoms with Crippen LogP contribution in [-0.4, -0.2) is 17.1 Å². The van der Waals surface area contributed by atoms with Crippen LogP contribution < -0.4 is 4.74 Å². The molecule has 0 unspecified atom stereocenters. The number of ether oxygens (including phenoxy) is 1. The lowest BCUT2D eigenvalue weighted by Gasteiger charge is -2.09. The number of hydrogen-bond acceptors (Lipinski definition) is 4. The van der Waals surface area contributed by atoms with Crippen molar-refractivity contribution < 1.29 is 9.15 Å². The van der Waals surface area contributed by atoms with Gasteiger partial charge in [0.2, 0.25) is 5.89 Å². The van der Waals surface area contributed by atoms with Crippen LogP contribution in [0.1, 0.15) is 0 Å². The van der Waals surface area contributed by atoms with Crippen molar-refractivity contribution in [3.05, 3.63) is 67.0 Å². The van der Waals surface area contributed by atoms with Gasteiger partial charge in [0.25, 0.3) is 0 Å². The predicted molar refractivity (Wildman–Crippen MR) is 89.2 cm³/mol. The number of hydrogen-bond donors (Lipinski definition) is 0. The summed E-state index contributed by atoms with van der Waals surface area (Å²) < 4.78 is 11.4. The molecule has 2 heterocycles. The van der Waals surface area contributed by atoms with Gasteiger partial charge in [-0.2, -0.15) is 0 Å². The number of fused-ring (bicyclic) bond motifs is 1. The van der Waals surface area contributed by atoms with Gasteiger partial charge in [0.1, 0.15) is 11.3 Å². The van der Waals surface area contributed by atoms with E-state index >= 15 is 0 Å².